The third-order valence-corrected chi connectivity index (χ3v) is 2.99. The molecule has 1 aliphatic rings. The van der Waals surface area contributed by atoms with E-state index in [1.807, 2.05) is 18.2 Å². The molecule has 0 spiro atoms. The number of ether oxygens (including phenoxy) is 1. The fourth-order valence-corrected chi connectivity index (χ4v) is 1.99. The van der Waals surface area contributed by atoms with Crippen LogP contribution < -0.4 is 16.0 Å². The Bertz CT molecular complexity index is 336. The maximum atomic E-state index is 5.75. The van der Waals surface area contributed by atoms with Crippen LogP contribution in [0.4, 0.5) is 0 Å². The van der Waals surface area contributed by atoms with Crippen molar-refractivity contribution in [1.29, 1.82) is 0 Å². The second kappa shape index (κ2) is 5.32. The van der Waals surface area contributed by atoms with E-state index in [1.165, 1.54) is 18.4 Å². The summed E-state index contributed by atoms with van der Waals surface area (Å²) in [6, 6.07) is 8.43. The number of benzene rings is 1. The van der Waals surface area contributed by atoms with E-state index in [0.29, 0.717) is 5.92 Å². The highest BCUT2D eigenvalue weighted by Crippen LogP contribution is 2.43. The van der Waals surface area contributed by atoms with Gasteiger partial charge in [0.2, 0.25) is 0 Å². The third-order valence-electron chi connectivity index (χ3n) is 2.99. The van der Waals surface area contributed by atoms with Crippen LogP contribution in [0, 0.1) is 5.92 Å². The molecule has 1 saturated carbocycles. The molecule has 0 radical (unpaired) electrons. The standard InChI is InChI=1S/C13H20N2O/c1-2-9-16-12-6-4-3-5-11(12)13(15-14)10-7-8-10/h3-6,10,13,15H,2,7-9,14H2,1H3. The second-order valence-corrected chi connectivity index (χ2v) is 4.37. The Labute approximate surface area is 97.0 Å². The van der Waals surface area contributed by atoms with E-state index < -0.39 is 0 Å². The largest absolute Gasteiger partial charge is 0.493 e. The van der Waals surface area contributed by atoms with Gasteiger partial charge in [-0.1, -0.05) is 25.1 Å². The quantitative estimate of drug-likeness (QED) is 0.571. The predicted octanol–water partition coefficient (Wildman–Crippen LogP) is 2.39. The summed E-state index contributed by atoms with van der Waals surface area (Å²) in [5.41, 5.74) is 4.11. The van der Waals surface area contributed by atoms with Gasteiger partial charge in [-0.15, -0.1) is 0 Å². The number of hydrogen-bond acceptors (Lipinski definition) is 3. The molecule has 1 atom stereocenters. The Morgan fingerprint density at radius 1 is 1.44 bits per heavy atom. The van der Waals surface area contributed by atoms with Crippen LogP contribution in [0.2, 0.25) is 0 Å². The summed E-state index contributed by atoms with van der Waals surface area (Å²) >= 11 is 0. The number of para-hydroxylation sites is 1. The highest BCUT2D eigenvalue weighted by molar-refractivity contribution is 5.36. The highest BCUT2D eigenvalue weighted by atomic mass is 16.5. The van der Waals surface area contributed by atoms with E-state index in [0.717, 1.165) is 18.8 Å². The zero-order valence-electron chi connectivity index (χ0n) is 9.78. The molecule has 1 aromatic carbocycles. The van der Waals surface area contributed by atoms with Crippen molar-refractivity contribution in [2.75, 3.05) is 6.61 Å². The molecular weight excluding hydrogens is 200 g/mol. The van der Waals surface area contributed by atoms with Crippen LogP contribution in [0.1, 0.15) is 37.8 Å². The fraction of sp³-hybridized carbons (Fsp3) is 0.538. The first-order chi connectivity index (χ1) is 7.86. The first-order valence-corrected chi connectivity index (χ1v) is 6.04. The summed E-state index contributed by atoms with van der Waals surface area (Å²) in [5.74, 6) is 7.29. The molecule has 88 valence electrons. The summed E-state index contributed by atoms with van der Waals surface area (Å²) in [6.07, 6.45) is 3.55. The van der Waals surface area contributed by atoms with Crippen molar-refractivity contribution in [1.82, 2.24) is 5.43 Å². The minimum atomic E-state index is 0.244. The van der Waals surface area contributed by atoms with Gasteiger partial charge in [-0.2, -0.15) is 0 Å². The van der Waals surface area contributed by atoms with E-state index >= 15 is 0 Å². The van der Waals surface area contributed by atoms with Crippen LogP contribution in [-0.2, 0) is 0 Å². The Hall–Kier alpha value is -1.06. The Kier molecular flexibility index (Phi) is 3.80. The van der Waals surface area contributed by atoms with Crippen molar-refractivity contribution in [2.45, 2.75) is 32.2 Å². The minimum absolute atomic E-state index is 0.244. The zero-order valence-corrected chi connectivity index (χ0v) is 9.78. The summed E-state index contributed by atoms with van der Waals surface area (Å²) in [7, 11) is 0. The molecule has 0 amide bonds. The van der Waals surface area contributed by atoms with Crippen molar-refractivity contribution in [3.63, 3.8) is 0 Å². The van der Waals surface area contributed by atoms with Gasteiger partial charge in [-0.3, -0.25) is 11.3 Å². The molecule has 1 aromatic rings. The van der Waals surface area contributed by atoms with E-state index in [4.69, 9.17) is 10.6 Å². The van der Waals surface area contributed by atoms with Gasteiger partial charge in [-0.05, 0) is 31.2 Å². The molecule has 16 heavy (non-hydrogen) atoms. The lowest BCUT2D eigenvalue weighted by atomic mass is 10.0. The van der Waals surface area contributed by atoms with E-state index in [2.05, 4.69) is 18.4 Å². The summed E-state index contributed by atoms with van der Waals surface area (Å²) < 4.78 is 5.75. The average molecular weight is 220 g/mol. The van der Waals surface area contributed by atoms with E-state index in [1.54, 1.807) is 0 Å². The van der Waals surface area contributed by atoms with Crippen LogP contribution in [0.5, 0.6) is 5.75 Å². The Morgan fingerprint density at radius 2 is 2.19 bits per heavy atom. The topological polar surface area (TPSA) is 47.3 Å². The molecule has 1 aliphatic carbocycles. The van der Waals surface area contributed by atoms with Gasteiger partial charge in [0, 0.05) is 5.56 Å². The lowest BCUT2D eigenvalue weighted by molar-refractivity contribution is 0.308. The van der Waals surface area contributed by atoms with Crippen LogP contribution in [-0.4, -0.2) is 6.61 Å². The van der Waals surface area contributed by atoms with Gasteiger partial charge in [0.05, 0.1) is 12.6 Å². The fourth-order valence-electron chi connectivity index (χ4n) is 1.99. The SMILES string of the molecule is CCCOc1ccccc1C(NN)C1CC1. The molecule has 3 nitrogen and oxygen atoms in total. The lowest BCUT2D eigenvalue weighted by Gasteiger charge is -2.19. The predicted molar refractivity (Wildman–Crippen MR) is 65.0 cm³/mol. The van der Waals surface area contributed by atoms with Crippen LogP contribution in [0.15, 0.2) is 24.3 Å². The van der Waals surface area contributed by atoms with Crippen molar-refractivity contribution >= 4 is 0 Å². The monoisotopic (exact) mass is 220 g/mol. The lowest BCUT2D eigenvalue weighted by Crippen LogP contribution is -2.29. The average Bonchev–Trinajstić information content (AvgIpc) is 3.13. The molecule has 3 heteroatoms. The van der Waals surface area contributed by atoms with Crippen molar-refractivity contribution in [3.05, 3.63) is 29.8 Å². The number of hydrogen-bond donors (Lipinski definition) is 2. The number of hydrazine groups is 1. The van der Waals surface area contributed by atoms with Gasteiger partial charge in [0.1, 0.15) is 5.75 Å². The molecule has 0 heterocycles. The van der Waals surface area contributed by atoms with Crippen LogP contribution in [0.3, 0.4) is 0 Å². The number of rotatable bonds is 6. The number of nitrogens with one attached hydrogen (secondary N) is 1. The van der Waals surface area contributed by atoms with E-state index in [9.17, 15) is 0 Å². The van der Waals surface area contributed by atoms with Crippen molar-refractivity contribution in [2.24, 2.45) is 11.8 Å². The van der Waals surface area contributed by atoms with Crippen molar-refractivity contribution in [3.8, 4) is 5.75 Å². The van der Waals surface area contributed by atoms with Crippen LogP contribution >= 0.6 is 0 Å². The molecule has 1 fully saturated rings. The second-order valence-electron chi connectivity index (χ2n) is 4.37. The van der Waals surface area contributed by atoms with Gasteiger partial charge < -0.3 is 4.74 Å². The Morgan fingerprint density at radius 3 is 2.81 bits per heavy atom. The molecule has 0 aromatic heterocycles. The first-order valence-electron chi connectivity index (χ1n) is 6.04. The minimum Gasteiger partial charge on any atom is -0.493 e. The molecule has 0 saturated heterocycles. The Balaban J connectivity index is 2.16. The third kappa shape index (κ3) is 2.54. The van der Waals surface area contributed by atoms with E-state index in [-0.39, 0.29) is 6.04 Å². The summed E-state index contributed by atoms with van der Waals surface area (Å²) in [6.45, 7) is 2.88. The van der Waals surface area contributed by atoms with Gasteiger partial charge in [0.25, 0.3) is 0 Å². The normalized spacial score (nSPS) is 17.1. The van der Waals surface area contributed by atoms with Crippen LogP contribution in [0.25, 0.3) is 0 Å². The maximum absolute atomic E-state index is 5.75. The molecular formula is C13H20N2O. The highest BCUT2D eigenvalue weighted by Gasteiger charge is 2.33. The van der Waals surface area contributed by atoms with Gasteiger partial charge in [-0.25, -0.2) is 0 Å². The maximum Gasteiger partial charge on any atom is 0.124 e. The number of nitrogens with two attached hydrogens (primary N) is 1. The smallest absolute Gasteiger partial charge is 0.124 e. The van der Waals surface area contributed by atoms with Gasteiger partial charge >= 0.3 is 0 Å². The zero-order chi connectivity index (χ0) is 11.4. The molecule has 1 unspecified atom stereocenters. The molecule has 3 N–H and O–H groups in total. The van der Waals surface area contributed by atoms with Crippen molar-refractivity contribution < 1.29 is 4.74 Å². The van der Waals surface area contributed by atoms with Gasteiger partial charge in [0.15, 0.2) is 0 Å². The summed E-state index contributed by atoms with van der Waals surface area (Å²) in [5, 5.41) is 0. The first kappa shape index (κ1) is 11.4. The summed E-state index contributed by atoms with van der Waals surface area (Å²) in [4.78, 5) is 0. The molecule has 0 bridgehead atoms. The molecule has 0 aliphatic heterocycles. The molecule has 2 rings (SSSR count).